The first-order chi connectivity index (χ1) is 8.04. The lowest BCUT2D eigenvalue weighted by Gasteiger charge is -2.04. The van der Waals surface area contributed by atoms with Gasteiger partial charge in [0.15, 0.2) is 5.75 Å². The van der Waals surface area contributed by atoms with Crippen LogP contribution in [0.3, 0.4) is 0 Å². The molecule has 0 saturated heterocycles. The molecule has 0 fully saturated rings. The maximum atomic E-state index is 10.8. The van der Waals surface area contributed by atoms with Gasteiger partial charge in [-0.05, 0) is 24.6 Å². The standard InChI is InChI=1S/C11H12N2O4/c1-2-17-10-5-3-8(4-6-11(12)14)7-9(10)13(15)16/h3-7H,2H2,1H3,(H2,12,14)/b6-4-. The molecule has 0 heterocycles. The van der Waals surface area contributed by atoms with Crippen LogP contribution in [0.25, 0.3) is 6.08 Å². The molecule has 0 aromatic heterocycles. The van der Waals surface area contributed by atoms with Crippen LogP contribution in [0.5, 0.6) is 5.75 Å². The fourth-order valence-electron chi connectivity index (χ4n) is 1.24. The van der Waals surface area contributed by atoms with E-state index in [9.17, 15) is 14.9 Å². The Morgan fingerprint density at radius 2 is 2.29 bits per heavy atom. The highest BCUT2D eigenvalue weighted by molar-refractivity contribution is 5.90. The van der Waals surface area contributed by atoms with Crippen LogP contribution in [-0.2, 0) is 4.79 Å². The predicted octanol–water partition coefficient (Wildman–Crippen LogP) is 1.49. The van der Waals surface area contributed by atoms with Crippen molar-refractivity contribution in [1.29, 1.82) is 0 Å². The van der Waals surface area contributed by atoms with Crippen molar-refractivity contribution >= 4 is 17.7 Å². The summed E-state index contributed by atoms with van der Waals surface area (Å²) >= 11 is 0. The Kier molecular flexibility index (Phi) is 4.21. The first-order valence-electron chi connectivity index (χ1n) is 4.93. The van der Waals surface area contributed by atoms with Crippen molar-refractivity contribution in [1.82, 2.24) is 0 Å². The van der Waals surface area contributed by atoms with E-state index in [0.717, 1.165) is 6.08 Å². The fraction of sp³-hybridized carbons (Fsp3) is 0.182. The minimum absolute atomic E-state index is 0.140. The van der Waals surface area contributed by atoms with Crippen LogP contribution < -0.4 is 10.5 Å². The highest BCUT2D eigenvalue weighted by atomic mass is 16.6. The number of ether oxygens (including phenoxy) is 1. The molecule has 0 aliphatic heterocycles. The number of nitrogens with zero attached hydrogens (tertiary/aromatic N) is 1. The van der Waals surface area contributed by atoms with E-state index >= 15 is 0 Å². The molecule has 0 unspecified atom stereocenters. The zero-order chi connectivity index (χ0) is 12.8. The predicted molar refractivity (Wildman–Crippen MR) is 62.5 cm³/mol. The Morgan fingerprint density at radius 1 is 1.59 bits per heavy atom. The molecule has 0 aliphatic rings. The number of nitrogens with two attached hydrogens (primary N) is 1. The molecule has 6 nitrogen and oxygen atoms in total. The molecule has 1 rings (SSSR count). The molecule has 17 heavy (non-hydrogen) atoms. The van der Waals surface area contributed by atoms with Gasteiger partial charge >= 0.3 is 5.69 Å². The zero-order valence-corrected chi connectivity index (χ0v) is 9.25. The molecule has 1 aromatic carbocycles. The number of benzene rings is 1. The van der Waals surface area contributed by atoms with Crippen molar-refractivity contribution in [3.63, 3.8) is 0 Å². The third-order valence-electron chi connectivity index (χ3n) is 1.92. The maximum absolute atomic E-state index is 10.8. The van der Waals surface area contributed by atoms with E-state index in [4.69, 9.17) is 10.5 Å². The molecule has 0 bridgehead atoms. The van der Waals surface area contributed by atoms with Gasteiger partial charge in [-0.3, -0.25) is 14.9 Å². The van der Waals surface area contributed by atoms with Crippen molar-refractivity contribution in [2.24, 2.45) is 5.73 Å². The number of carbonyl (C=O) groups excluding carboxylic acids is 1. The minimum atomic E-state index is -0.610. The Bertz CT molecular complexity index is 469. The van der Waals surface area contributed by atoms with Crippen LogP contribution in [0.1, 0.15) is 12.5 Å². The summed E-state index contributed by atoms with van der Waals surface area (Å²) in [5.41, 5.74) is 5.30. The van der Waals surface area contributed by atoms with Crippen LogP contribution in [0.2, 0.25) is 0 Å². The van der Waals surface area contributed by atoms with E-state index in [1.54, 1.807) is 13.0 Å². The Morgan fingerprint density at radius 3 is 2.82 bits per heavy atom. The number of rotatable bonds is 5. The molecule has 2 N–H and O–H groups in total. The maximum Gasteiger partial charge on any atom is 0.311 e. The number of nitro groups is 1. The van der Waals surface area contributed by atoms with Gasteiger partial charge in [0.05, 0.1) is 11.5 Å². The van der Waals surface area contributed by atoms with E-state index in [2.05, 4.69) is 0 Å². The monoisotopic (exact) mass is 236 g/mol. The summed E-state index contributed by atoms with van der Waals surface area (Å²) in [7, 11) is 0. The van der Waals surface area contributed by atoms with Gasteiger partial charge in [0.2, 0.25) is 5.91 Å². The lowest BCUT2D eigenvalue weighted by Crippen LogP contribution is -2.05. The third-order valence-corrected chi connectivity index (χ3v) is 1.92. The van der Waals surface area contributed by atoms with Gasteiger partial charge in [-0.15, -0.1) is 0 Å². The van der Waals surface area contributed by atoms with Gasteiger partial charge in [0.1, 0.15) is 0 Å². The SMILES string of the molecule is CCOc1ccc(/C=C\C(N)=O)cc1[N+](=O)[O-]. The fourth-order valence-corrected chi connectivity index (χ4v) is 1.24. The minimum Gasteiger partial charge on any atom is -0.487 e. The molecule has 0 saturated carbocycles. The largest absolute Gasteiger partial charge is 0.487 e. The zero-order valence-electron chi connectivity index (χ0n) is 9.25. The first kappa shape index (κ1) is 12.7. The summed E-state index contributed by atoms with van der Waals surface area (Å²) < 4.78 is 5.12. The molecule has 0 atom stereocenters. The molecule has 0 spiro atoms. The number of amides is 1. The van der Waals surface area contributed by atoms with E-state index in [1.165, 1.54) is 18.2 Å². The van der Waals surface area contributed by atoms with Crippen LogP contribution >= 0.6 is 0 Å². The van der Waals surface area contributed by atoms with Gasteiger partial charge in [-0.2, -0.15) is 0 Å². The molecule has 1 amide bonds. The second kappa shape index (κ2) is 5.64. The average Bonchev–Trinajstić information content (AvgIpc) is 2.27. The van der Waals surface area contributed by atoms with Gasteiger partial charge < -0.3 is 10.5 Å². The molecule has 1 aromatic rings. The number of hydrogen-bond donors (Lipinski definition) is 1. The quantitative estimate of drug-likeness (QED) is 0.476. The lowest BCUT2D eigenvalue weighted by atomic mass is 10.1. The lowest BCUT2D eigenvalue weighted by molar-refractivity contribution is -0.385. The van der Waals surface area contributed by atoms with Gasteiger partial charge in [0.25, 0.3) is 0 Å². The first-order valence-corrected chi connectivity index (χ1v) is 4.93. The van der Waals surface area contributed by atoms with Crippen molar-refractivity contribution in [3.05, 3.63) is 40.0 Å². The second-order valence-electron chi connectivity index (χ2n) is 3.15. The summed E-state index contributed by atoms with van der Waals surface area (Å²) in [6.45, 7) is 2.09. The van der Waals surface area contributed by atoms with Gasteiger partial charge in [-0.1, -0.05) is 6.07 Å². The molecular weight excluding hydrogens is 224 g/mol. The van der Waals surface area contributed by atoms with Crippen molar-refractivity contribution < 1.29 is 14.5 Å². The van der Waals surface area contributed by atoms with Crippen molar-refractivity contribution in [3.8, 4) is 5.75 Å². The van der Waals surface area contributed by atoms with Crippen LogP contribution in [0.15, 0.2) is 24.3 Å². The molecule has 6 heteroatoms. The van der Waals surface area contributed by atoms with Crippen LogP contribution in [0.4, 0.5) is 5.69 Å². The topological polar surface area (TPSA) is 95.5 Å². The summed E-state index contributed by atoms with van der Waals surface area (Å²) in [5.74, 6) is -0.407. The van der Waals surface area contributed by atoms with Crippen molar-refractivity contribution in [2.45, 2.75) is 6.92 Å². The molecule has 90 valence electrons. The molecule has 0 aliphatic carbocycles. The van der Waals surface area contributed by atoms with Crippen molar-refractivity contribution in [2.75, 3.05) is 6.61 Å². The summed E-state index contributed by atoms with van der Waals surface area (Å²) in [6, 6.07) is 4.42. The third kappa shape index (κ3) is 3.60. The van der Waals surface area contributed by atoms with Gasteiger partial charge in [0, 0.05) is 12.1 Å². The molecule has 0 radical (unpaired) electrons. The number of hydrogen-bond acceptors (Lipinski definition) is 4. The molecular formula is C11H12N2O4. The Balaban J connectivity index is 3.09. The number of carbonyl (C=O) groups is 1. The van der Waals surface area contributed by atoms with E-state index < -0.39 is 10.8 Å². The number of primary amides is 1. The smallest absolute Gasteiger partial charge is 0.311 e. The summed E-state index contributed by atoms with van der Waals surface area (Å²) in [5, 5.41) is 10.8. The Labute approximate surface area is 97.8 Å². The number of nitro benzene ring substituents is 1. The normalized spacial score (nSPS) is 10.4. The van der Waals surface area contributed by atoms with Gasteiger partial charge in [-0.25, -0.2) is 0 Å². The second-order valence-corrected chi connectivity index (χ2v) is 3.15. The Hall–Kier alpha value is -2.37. The highest BCUT2D eigenvalue weighted by Gasteiger charge is 2.14. The van der Waals surface area contributed by atoms with E-state index in [0.29, 0.717) is 12.2 Å². The highest BCUT2D eigenvalue weighted by Crippen LogP contribution is 2.28. The van der Waals surface area contributed by atoms with Crippen LogP contribution in [-0.4, -0.2) is 17.4 Å². The van der Waals surface area contributed by atoms with Crippen LogP contribution in [0, 0.1) is 10.1 Å². The summed E-state index contributed by atoms with van der Waals surface area (Å²) in [4.78, 5) is 20.8. The van der Waals surface area contributed by atoms with E-state index in [-0.39, 0.29) is 11.4 Å². The average molecular weight is 236 g/mol. The van der Waals surface area contributed by atoms with E-state index in [1.807, 2.05) is 0 Å². The summed E-state index contributed by atoms with van der Waals surface area (Å²) in [6.07, 6.45) is 2.55.